The molecule has 5 amide bonds. The molecule has 21 heteroatoms. The lowest BCUT2D eigenvalue weighted by atomic mass is 9.72. The summed E-state index contributed by atoms with van der Waals surface area (Å²) in [5.74, 6) is 0.153. The van der Waals surface area contributed by atoms with Gasteiger partial charge in [-0.2, -0.15) is 10.1 Å². The number of amides is 5. The van der Waals surface area contributed by atoms with Crippen LogP contribution in [0.3, 0.4) is 0 Å². The number of esters is 1. The van der Waals surface area contributed by atoms with Crippen LogP contribution in [-0.4, -0.2) is 184 Å². The molecule has 1 saturated carbocycles. The molecular formula is C50H69FN14O6. The van der Waals surface area contributed by atoms with E-state index < -0.39 is 12.0 Å². The van der Waals surface area contributed by atoms with Gasteiger partial charge in [0.1, 0.15) is 23.2 Å². The quantitative estimate of drug-likeness (QED) is 0.142. The van der Waals surface area contributed by atoms with Crippen molar-refractivity contribution in [2.24, 2.45) is 24.3 Å². The van der Waals surface area contributed by atoms with Crippen molar-refractivity contribution < 1.29 is 33.1 Å². The maximum atomic E-state index is 15.2. The number of urea groups is 1. The minimum atomic E-state index is -0.552. The largest absolute Gasteiger partial charge is 0.462 e. The number of carbonyl (C=O) groups is 5. The van der Waals surface area contributed by atoms with E-state index in [1.807, 2.05) is 23.0 Å². The normalized spacial score (nSPS) is 24.5. The molecule has 6 saturated heterocycles. The highest BCUT2D eigenvalue weighted by atomic mass is 19.1. The zero-order valence-electron chi connectivity index (χ0n) is 41.1. The van der Waals surface area contributed by atoms with E-state index >= 15 is 4.39 Å². The highest BCUT2D eigenvalue weighted by Gasteiger charge is 2.52. The van der Waals surface area contributed by atoms with Crippen LogP contribution in [0.1, 0.15) is 81.5 Å². The summed E-state index contributed by atoms with van der Waals surface area (Å²) in [6, 6.07) is 5.12. The molecule has 8 heterocycles. The van der Waals surface area contributed by atoms with Crippen molar-refractivity contribution >= 4 is 58.6 Å². The van der Waals surface area contributed by atoms with Crippen LogP contribution < -0.4 is 26.2 Å². The van der Waals surface area contributed by atoms with Crippen molar-refractivity contribution in [3.8, 4) is 0 Å². The van der Waals surface area contributed by atoms with Gasteiger partial charge in [0.2, 0.25) is 23.7 Å². The number of hydrogen-bond acceptors (Lipinski definition) is 15. The van der Waals surface area contributed by atoms with E-state index in [0.717, 1.165) is 103 Å². The average Bonchev–Trinajstić information content (AvgIpc) is 3.77. The van der Waals surface area contributed by atoms with Gasteiger partial charge in [0.05, 0.1) is 24.2 Å². The molecule has 4 N–H and O–H groups in total. The fourth-order valence-electron chi connectivity index (χ4n) is 12.1. The van der Waals surface area contributed by atoms with Gasteiger partial charge in [-0.3, -0.25) is 29.3 Å². The number of likely N-dealkylation sites (tertiary alicyclic amines) is 3. The Kier molecular flexibility index (Phi) is 14.3. The standard InChI is InChI=1S/C50H69FN14O6/c1-3-71-47(69)39-26-52-48(56-37-25-53-59(2)28-37)58-44(39)55-35-4-7-38(8-5-35)61-20-22-64(23-21-61)49(70)63-18-14-34(15-19-63)46(68)62-16-12-33(13-17-62)27-60-29-50(30-60)31-65(32-50)42-10-6-36(24-40(42)51)54-41-9-11-43(66)57-45(41)67/h6,10,24-26,28,33-35,38,41,54H,3-5,7-9,11-23,27,29-32H2,1-2H3,(H,57,66,67)(H2,52,55,56,58). The topological polar surface area (TPSA) is 206 Å². The van der Waals surface area contributed by atoms with Crippen molar-refractivity contribution in [2.45, 2.75) is 89.3 Å². The van der Waals surface area contributed by atoms with Crippen LogP contribution in [0.25, 0.3) is 0 Å². The third kappa shape index (κ3) is 11.0. The van der Waals surface area contributed by atoms with Crippen LogP contribution in [0.2, 0.25) is 0 Å². The Morgan fingerprint density at radius 3 is 2.23 bits per heavy atom. The Morgan fingerprint density at radius 2 is 1.55 bits per heavy atom. The molecule has 7 aliphatic rings. The molecule has 1 aliphatic carbocycles. The molecule has 6 aliphatic heterocycles. The lowest BCUT2D eigenvalue weighted by Crippen LogP contribution is -2.72. The van der Waals surface area contributed by atoms with Gasteiger partial charge in [-0.15, -0.1) is 0 Å². The van der Waals surface area contributed by atoms with Crippen LogP contribution in [0, 0.1) is 23.1 Å². The molecule has 382 valence electrons. The summed E-state index contributed by atoms with van der Waals surface area (Å²) in [6.07, 6.45) is 12.9. The smallest absolute Gasteiger partial charge is 0.343 e. The van der Waals surface area contributed by atoms with Crippen molar-refractivity contribution in [3.05, 3.63) is 48.2 Å². The van der Waals surface area contributed by atoms with Gasteiger partial charge in [-0.05, 0) is 88.8 Å². The van der Waals surface area contributed by atoms with Crippen LogP contribution in [0.4, 0.5) is 38.0 Å². The molecule has 1 atom stereocenters. The zero-order valence-corrected chi connectivity index (χ0v) is 41.1. The monoisotopic (exact) mass is 981 g/mol. The van der Waals surface area contributed by atoms with Crippen LogP contribution >= 0.6 is 0 Å². The lowest BCUT2D eigenvalue weighted by Gasteiger charge is -2.61. The Hall–Kier alpha value is -6.09. The lowest BCUT2D eigenvalue weighted by molar-refractivity contribution is -0.138. The molecular weight excluding hydrogens is 912 g/mol. The van der Waals surface area contributed by atoms with Gasteiger partial charge in [0, 0.05) is 140 Å². The summed E-state index contributed by atoms with van der Waals surface area (Å²) >= 11 is 0. The number of hydrogen-bond donors (Lipinski definition) is 4. The maximum Gasteiger partial charge on any atom is 0.343 e. The zero-order chi connectivity index (χ0) is 49.2. The second-order valence-electron chi connectivity index (χ2n) is 21.0. The molecule has 3 aromatic rings. The molecule has 0 radical (unpaired) electrons. The summed E-state index contributed by atoms with van der Waals surface area (Å²) < 4.78 is 22.2. The Morgan fingerprint density at radius 1 is 0.831 bits per heavy atom. The van der Waals surface area contributed by atoms with Crippen LogP contribution in [0.5, 0.6) is 0 Å². The summed E-state index contributed by atoms with van der Waals surface area (Å²) in [5, 5.41) is 16.3. The van der Waals surface area contributed by atoms with Gasteiger partial charge >= 0.3 is 12.0 Å². The number of nitrogens with one attached hydrogen (secondary N) is 4. The van der Waals surface area contributed by atoms with Crippen LogP contribution in [-0.2, 0) is 26.2 Å². The summed E-state index contributed by atoms with van der Waals surface area (Å²) in [4.78, 5) is 86.0. The Labute approximate surface area is 414 Å². The molecule has 1 spiro atoms. The molecule has 0 bridgehead atoms. The molecule has 20 nitrogen and oxygen atoms in total. The number of piperidine rings is 3. The maximum absolute atomic E-state index is 15.2. The Bertz CT molecular complexity index is 2430. The van der Waals surface area contributed by atoms with Crippen molar-refractivity contribution in [2.75, 3.05) is 113 Å². The van der Waals surface area contributed by atoms with E-state index in [9.17, 15) is 24.0 Å². The van der Waals surface area contributed by atoms with Gasteiger partial charge in [0.15, 0.2) is 0 Å². The molecule has 1 unspecified atom stereocenters. The van der Waals surface area contributed by atoms with E-state index in [2.05, 4.69) is 55.9 Å². The average molecular weight is 981 g/mol. The fraction of sp³-hybridized carbons (Fsp3) is 0.640. The number of anilines is 5. The number of halogens is 1. The molecule has 1 aromatic carbocycles. The predicted octanol–water partition coefficient (Wildman–Crippen LogP) is 3.72. The van der Waals surface area contributed by atoms with Gasteiger partial charge in [0.25, 0.3) is 0 Å². The minimum Gasteiger partial charge on any atom is -0.462 e. The summed E-state index contributed by atoms with van der Waals surface area (Å²) in [5.41, 5.74) is 2.35. The fourth-order valence-corrected chi connectivity index (χ4v) is 12.1. The second kappa shape index (κ2) is 20.9. The number of carbonyl (C=O) groups excluding carboxylic acids is 5. The molecule has 2 aromatic heterocycles. The number of ether oxygens (including phenoxy) is 1. The van der Waals surface area contributed by atoms with Crippen LogP contribution in [0.15, 0.2) is 36.8 Å². The van der Waals surface area contributed by atoms with E-state index in [4.69, 9.17) is 4.74 Å². The van der Waals surface area contributed by atoms with E-state index in [1.165, 1.54) is 12.3 Å². The van der Waals surface area contributed by atoms with E-state index in [0.29, 0.717) is 86.1 Å². The first-order chi connectivity index (χ1) is 34.4. The molecule has 7 fully saturated rings. The number of aryl methyl sites for hydroxylation is 1. The highest BCUT2D eigenvalue weighted by molar-refractivity contribution is 6.01. The number of rotatable bonds is 13. The van der Waals surface area contributed by atoms with Crippen molar-refractivity contribution in [1.29, 1.82) is 0 Å². The second-order valence-corrected chi connectivity index (χ2v) is 21.0. The first-order valence-corrected chi connectivity index (χ1v) is 25.9. The third-order valence-electron chi connectivity index (χ3n) is 16.0. The van der Waals surface area contributed by atoms with Gasteiger partial charge in [-0.25, -0.2) is 19.0 Å². The highest BCUT2D eigenvalue weighted by Crippen LogP contribution is 2.43. The first-order valence-electron chi connectivity index (χ1n) is 25.9. The SMILES string of the molecule is CCOC(=O)c1cnc(Nc2cnn(C)c2)nc1NC1CCC(N2CCN(C(=O)N3CCC(C(=O)N4CCC(CN5CC6(C5)CN(c5ccc(NC7CCC(=O)NC7=O)cc5F)C6)CC4)CC3)CC2)CC1. The van der Waals surface area contributed by atoms with Gasteiger partial charge in [-0.1, -0.05) is 0 Å². The number of piperazine rings is 1. The first kappa shape index (κ1) is 48.5. The molecule has 10 rings (SSSR count). The number of benzene rings is 1. The van der Waals surface area contributed by atoms with Crippen molar-refractivity contribution in [1.82, 2.24) is 49.6 Å². The van der Waals surface area contributed by atoms with E-state index in [-0.39, 0.29) is 60.0 Å². The number of aromatic nitrogens is 4. The predicted molar refractivity (Wildman–Crippen MR) is 264 cm³/mol. The Balaban J connectivity index is 0.598. The number of nitrogens with zero attached hydrogens (tertiary/aromatic N) is 10. The summed E-state index contributed by atoms with van der Waals surface area (Å²) in [6.45, 7) is 12.6. The summed E-state index contributed by atoms with van der Waals surface area (Å²) in [7, 11) is 1.83. The van der Waals surface area contributed by atoms with Crippen molar-refractivity contribution in [3.63, 3.8) is 0 Å². The van der Waals surface area contributed by atoms with Gasteiger partial charge < -0.3 is 45.2 Å². The molecule has 71 heavy (non-hydrogen) atoms. The third-order valence-corrected chi connectivity index (χ3v) is 16.0. The minimum absolute atomic E-state index is 0.0341. The van der Waals surface area contributed by atoms with E-state index in [1.54, 1.807) is 29.9 Å². The number of imide groups is 1.